The number of fused-ring (bicyclic) bond motifs is 8. The van der Waals surface area contributed by atoms with E-state index in [1.807, 2.05) is 85.2 Å². The van der Waals surface area contributed by atoms with Crippen LogP contribution < -0.4 is 4.74 Å². The molecule has 5 heterocycles. The van der Waals surface area contributed by atoms with Crippen LogP contribution in [0.2, 0.25) is 0 Å². The van der Waals surface area contributed by atoms with Gasteiger partial charge in [0.15, 0.2) is 5.82 Å². The van der Waals surface area contributed by atoms with Gasteiger partial charge in [-0.05, 0) is 81.8 Å². The van der Waals surface area contributed by atoms with Gasteiger partial charge < -0.3 is 4.74 Å². The number of pyridine rings is 3. The number of allylic oxidation sites excluding steroid dienone is 4. The molecule has 1 aliphatic heterocycles. The van der Waals surface area contributed by atoms with Gasteiger partial charge in [0.2, 0.25) is 0 Å². The van der Waals surface area contributed by atoms with Gasteiger partial charge in [-0.15, -0.1) is 0 Å². The lowest BCUT2D eigenvalue weighted by atomic mass is 9.62. The molecule has 0 N–H and O–H groups in total. The lowest BCUT2D eigenvalue weighted by Gasteiger charge is -2.44. The van der Waals surface area contributed by atoms with E-state index in [-0.39, 0.29) is 11.8 Å². The molecule has 2 unspecified atom stereocenters. The number of hydrogen-bond acceptors (Lipinski definition) is 6. The van der Waals surface area contributed by atoms with Crippen molar-refractivity contribution in [2.24, 2.45) is 5.92 Å². The minimum absolute atomic E-state index is 0.104. The maximum absolute atomic E-state index is 7.67. The van der Waals surface area contributed by atoms with Crippen molar-refractivity contribution >= 4 is 0 Å². The van der Waals surface area contributed by atoms with Crippen LogP contribution in [-0.4, -0.2) is 24.9 Å². The molecule has 6 heteroatoms. The first-order valence-electron chi connectivity index (χ1n) is 23.5. The van der Waals surface area contributed by atoms with Crippen LogP contribution in [0.5, 0.6) is 5.75 Å². The Hall–Kier alpha value is -8.87. The van der Waals surface area contributed by atoms with E-state index in [0.717, 1.165) is 90.2 Å². The van der Waals surface area contributed by atoms with Crippen LogP contribution in [0.25, 0.3) is 78.9 Å². The van der Waals surface area contributed by atoms with Crippen LogP contribution in [0.1, 0.15) is 35.1 Å². The summed E-state index contributed by atoms with van der Waals surface area (Å²) in [5.41, 5.74) is 17.5. The molecule has 0 saturated heterocycles. The van der Waals surface area contributed by atoms with E-state index in [4.69, 9.17) is 29.7 Å². The standard InChI is InChI=1S/C63H43N5O/c1-40-29-34-52-61(59(40)43-32-30-42(31-33-43)56-39-55(41-17-4-2-5-18-41)67-62(68-56)44-19-6-3-7-20-44)69-60-46(45-37-57(53-27-12-14-35-64-53)66-58(38-45)54-28-13-15-36-65-54)23-16-26-51(60)63(52)49-24-10-8-21-47(49)48-22-9-11-25-50(48)63/h2-40,59H,1H3. The molecule has 1 spiro atoms. The largest absolute Gasteiger partial charge is 0.460 e. The molecule has 3 aliphatic rings. The zero-order valence-corrected chi connectivity index (χ0v) is 37.7. The smallest absolute Gasteiger partial charge is 0.160 e. The molecule has 2 atom stereocenters. The first-order valence-corrected chi connectivity index (χ1v) is 23.5. The van der Waals surface area contributed by atoms with Gasteiger partial charge in [-0.1, -0.05) is 183 Å². The second-order valence-electron chi connectivity index (χ2n) is 18.0. The highest BCUT2D eigenvalue weighted by atomic mass is 16.5. The normalized spacial score (nSPS) is 16.0. The van der Waals surface area contributed by atoms with E-state index >= 15 is 0 Å². The summed E-state index contributed by atoms with van der Waals surface area (Å²) in [5.74, 6) is 2.49. The Morgan fingerprint density at radius 3 is 1.57 bits per heavy atom. The van der Waals surface area contributed by atoms with Crippen molar-refractivity contribution in [3.8, 4) is 84.7 Å². The van der Waals surface area contributed by atoms with Gasteiger partial charge in [-0.3, -0.25) is 9.97 Å². The van der Waals surface area contributed by atoms with Crippen molar-refractivity contribution in [2.75, 3.05) is 0 Å². The maximum Gasteiger partial charge on any atom is 0.160 e. The van der Waals surface area contributed by atoms with Crippen LogP contribution >= 0.6 is 0 Å². The number of benzene rings is 6. The zero-order chi connectivity index (χ0) is 45.9. The molecule has 6 aromatic carbocycles. The number of rotatable bonds is 7. The third-order valence-corrected chi connectivity index (χ3v) is 14.0. The predicted octanol–water partition coefficient (Wildman–Crippen LogP) is 14.6. The minimum atomic E-state index is -0.662. The SMILES string of the molecule is CC1C=CC2=C(Oc3c(-c4cc(-c5ccccn5)nc(-c5ccccn5)c4)cccc3C23c2ccccc2-c2ccccc23)C1c1ccc(-c2cc(-c3ccccc3)nc(-c3ccccc3)n2)cc1. The van der Waals surface area contributed by atoms with E-state index in [1.165, 1.54) is 22.3 Å². The van der Waals surface area contributed by atoms with Crippen molar-refractivity contribution in [1.82, 2.24) is 24.9 Å². The summed E-state index contributed by atoms with van der Waals surface area (Å²) in [6, 6.07) is 72.2. The molecule has 0 bridgehead atoms. The third-order valence-electron chi connectivity index (χ3n) is 14.0. The molecule has 0 radical (unpaired) electrons. The van der Waals surface area contributed by atoms with Gasteiger partial charge in [0, 0.05) is 51.7 Å². The Bertz CT molecular complexity index is 3490. The van der Waals surface area contributed by atoms with Crippen LogP contribution in [-0.2, 0) is 5.41 Å². The van der Waals surface area contributed by atoms with Gasteiger partial charge in [0.05, 0.1) is 39.6 Å². The lowest BCUT2D eigenvalue weighted by molar-refractivity contribution is 0.324. The molecule has 0 fully saturated rings. The molecule has 0 saturated carbocycles. The van der Waals surface area contributed by atoms with E-state index in [9.17, 15) is 0 Å². The molecule has 69 heavy (non-hydrogen) atoms. The topological polar surface area (TPSA) is 73.7 Å². The van der Waals surface area contributed by atoms with Gasteiger partial charge in [-0.25, -0.2) is 15.0 Å². The first kappa shape index (κ1) is 40.4. The predicted molar refractivity (Wildman–Crippen MR) is 275 cm³/mol. The summed E-state index contributed by atoms with van der Waals surface area (Å²) in [7, 11) is 0. The van der Waals surface area contributed by atoms with Gasteiger partial charge >= 0.3 is 0 Å². The number of ether oxygens (including phenoxy) is 1. The van der Waals surface area contributed by atoms with Gasteiger partial charge in [0.25, 0.3) is 0 Å². The summed E-state index contributed by atoms with van der Waals surface area (Å²) < 4.78 is 7.67. The second-order valence-corrected chi connectivity index (χ2v) is 18.0. The van der Waals surface area contributed by atoms with E-state index in [2.05, 4.69) is 153 Å². The summed E-state index contributed by atoms with van der Waals surface area (Å²) in [6.45, 7) is 2.30. The Labute approximate surface area is 401 Å². The molecule has 326 valence electrons. The Balaban J connectivity index is 1.00. The highest BCUT2D eigenvalue weighted by molar-refractivity contribution is 5.91. The molecule has 4 aromatic heterocycles. The van der Waals surface area contributed by atoms with E-state index in [0.29, 0.717) is 5.82 Å². The number of hydrogen-bond donors (Lipinski definition) is 0. The van der Waals surface area contributed by atoms with Crippen molar-refractivity contribution in [2.45, 2.75) is 18.3 Å². The van der Waals surface area contributed by atoms with E-state index < -0.39 is 5.41 Å². The second kappa shape index (κ2) is 16.5. The minimum Gasteiger partial charge on any atom is -0.460 e. The van der Waals surface area contributed by atoms with Crippen LogP contribution in [0.4, 0.5) is 0 Å². The fourth-order valence-corrected chi connectivity index (χ4v) is 10.9. The quantitative estimate of drug-likeness (QED) is 0.159. The summed E-state index contributed by atoms with van der Waals surface area (Å²) in [4.78, 5) is 24.8. The average molecular weight is 886 g/mol. The molecule has 2 aliphatic carbocycles. The monoisotopic (exact) mass is 885 g/mol. The number of nitrogens with zero attached hydrogens (tertiary/aromatic N) is 5. The summed E-state index contributed by atoms with van der Waals surface area (Å²) in [6.07, 6.45) is 8.35. The fourth-order valence-electron chi connectivity index (χ4n) is 10.9. The molecule has 6 nitrogen and oxygen atoms in total. The van der Waals surface area contributed by atoms with Crippen molar-refractivity contribution < 1.29 is 4.74 Å². The molecule has 10 aromatic rings. The summed E-state index contributed by atoms with van der Waals surface area (Å²) >= 11 is 0. The Morgan fingerprint density at radius 2 is 0.957 bits per heavy atom. The zero-order valence-electron chi connectivity index (χ0n) is 37.7. The molecular formula is C63H43N5O. The molecule has 0 amide bonds. The Morgan fingerprint density at radius 1 is 0.420 bits per heavy atom. The van der Waals surface area contributed by atoms with Crippen LogP contribution in [0.15, 0.2) is 242 Å². The fraction of sp³-hybridized carbons (Fsp3) is 0.0635. The van der Waals surface area contributed by atoms with Crippen molar-refractivity contribution in [3.63, 3.8) is 0 Å². The highest BCUT2D eigenvalue weighted by Crippen LogP contribution is 2.64. The number of aromatic nitrogens is 5. The summed E-state index contributed by atoms with van der Waals surface area (Å²) in [5, 5.41) is 0. The molecular weight excluding hydrogens is 843 g/mol. The van der Waals surface area contributed by atoms with Crippen molar-refractivity contribution in [3.05, 3.63) is 264 Å². The molecule has 13 rings (SSSR count). The highest BCUT2D eigenvalue weighted by Gasteiger charge is 2.54. The van der Waals surface area contributed by atoms with Gasteiger partial charge in [0.1, 0.15) is 11.5 Å². The van der Waals surface area contributed by atoms with Crippen LogP contribution in [0.3, 0.4) is 0 Å². The first-order chi connectivity index (χ1) is 34.1. The van der Waals surface area contributed by atoms with Gasteiger partial charge in [-0.2, -0.15) is 0 Å². The van der Waals surface area contributed by atoms with Crippen molar-refractivity contribution in [1.29, 1.82) is 0 Å². The van der Waals surface area contributed by atoms with E-state index in [1.54, 1.807) is 0 Å². The third kappa shape index (κ3) is 6.67. The average Bonchev–Trinajstić information content (AvgIpc) is 3.72. The lowest BCUT2D eigenvalue weighted by Crippen LogP contribution is -2.37. The maximum atomic E-state index is 7.67. The van der Waals surface area contributed by atoms with Crippen LogP contribution in [0, 0.1) is 5.92 Å². The Kier molecular flexibility index (Phi) is 9.65. The number of para-hydroxylation sites is 1.